The topological polar surface area (TPSA) is 95.9 Å². The SMILES string of the molecule is C=N/C=C(\N=CC)c1cc(C(=O)NC2c3ccc(C)cc3Oc3cc(C)ccc32)c(=O)[nH]c1C(F)(F)F. The highest BCUT2D eigenvalue weighted by Gasteiger charge is 2.37. The average Bonchev–Trinajstić information content (AvgIpc) is 2.82. The maximum atomic E-state index is 13.8. The number of carbonyl (C=O) groups excluding carboxylic acids is 1. The molecule has 0 fully saturated rings. The number of hydrogen-bond donors (Lipinski definition) is 2. The normalized spacial score (nSPS) is 13.6. The fraction of sp³-hybridized carbons (Fsp3) is 0.185. The van der Waals surface area contributed by atoms with E-state index in [1.54, 1.807) is 12.1 Å². The van der Waals surface area contributed by atoms with Crippen molar-refractivity contribution in [2.75, 3.05) is 0 Å². The molecule has 0 aliphatic carbocycles. The summed E-state index contributed by atoms with van der Waals surface area (Å²) in [7, 11) is 0. The molecule has 4 rings (SSSR count). The largest absolute Gasteiger partial charge is 0.457 e. The van der Waals surface area contributed by atoms with Gasteiger partial charge < -0.3 is 15.0 Å². The lowest BCUT2D eigenvalue weighted by molar-refractivity contribution is -0.141. The fourth-order valence-electron chi connectivity index (χ4n) is 4.11. The Balaban J connectivity index is 1.83. The lowest BCUT2D eigenvalue weighted by Crippen LogP contribution is -2.35. The molecule has 3 aromatic rings. The van der Waals surface area contributed by atoms with Crippen LogP contribution in [0.1, 0.15) is 56.8 Å². The van der Waals surface area contributed by atoms with E-state index in [2.05, 4.69) is 22.0 Å². The van der Waals surface area contributed by atoms with Crippen LogP contribution >= 0.6 is 0 Å². The van der Waals surface area contributed by atoms with Crippen molar-refractivity contribution < 1.29 is 22.7 Å². The van der Waals surface area contributed by atoms with Gasteiger partial charge in [0.05, 0.1) is 17.9 Å². The Morgan fingerprint density at radius 3 is 2.16 bits per heavy atom. The molecule has 1 amide bonds. The molecule has 2 heterocycles. The first kappa shape index (κ1) is 25.6. The quantitative estimate of drug-likeness (QED) is 0.431. The van der Waals surface area contributed by atoms with Crippen LogP contribution in [0.25, 0.3) is 5.70 Å². The van der Waals surface area contributed by atoms with Gasteiger partial charge in [0.2, 0.25) is 0 Å². The highest BCUT2D eigenvalue weighted by atomic mass is 19.4. The Bertz CT molecular complexity index is 1470. The molecular formula is C27H23F3N4O3. The third-order valence-corrected chi connectivity index (χ3v) is 5.78. The zero-order chi connectivity index (χ0) is 26.9. The third-order valence-electron chi connectivity index (χ3n) is 5.78. The Kier molecular flexibility index (Phi) is 6.84. The van der Waals surface area contributed by atoms with Gasteiger partial charge in [-0.25, -0.2) is 0 Å². The number of H-pyrrole nitrogens is 1. The fourth-order valence-corrected chi connectivity index (χ4v) is 4.11. The summed E-state index contributed by atoms with van der Waals surface area (Å²) in [4.78, 5) is 35.3. The number of nitrogens with one attached hydrogen (secondary N) is 2. The number of amides is 1. The summed E-state index contributed by atoms with van der Waals surface area (Å²) < 4.78 is 47.3. The minimum atomic E-state index is -4.92. The standard InChI is InChI=1S/C27H23F3N4O3/c1-5-32-20(13-31-4)18-12-19(26(36)34-24(18)27(28,29)30)25(35)33-23-16-8-6-14(2)10-21(16)37-22-11-15(3)7-9-17(22)23/h5-13,23H,4H2,1-3H3,(H,33,35)(H,34,36)/b20-13-,32-5?. The minimum Gasteiger partial charge on any atom is -0.457 e. The second-order valence-corrected chi connectivity index (χ2v) is 8.47. The van der Waals surface area contributed by atoms with Gasteiger partial charge in [0.15, 0.2) is 0 Å². The van der Waals surface area contributed by atoms with Gasteiger partial charge in [0.25, 0.3) is 11.5 Å². The minimum absolute atomic E-state index is 0.220. The van der Waals surface area contributed by atoms with E-state index in [4.69, 9.17) is 4.74 Å². The summed E-state index contributed by atoms with van der Waals surface area (Å²) in [6.07, 6.45) is -2.64. The molecular weight excluding hydrogens is 485 g/mol. The first-order chi connectivity index (χ1) is 17.5. The van der Waals surface area contributed by atoms with Gasteiger partial charge in [-0.15, -0.1) is 0 Å². The van der Waals surface area contributed by atoms with Gasteiger partial charge in [-0.3, -0.25) is 19.6 Å². The molecule has 0 radical (unpaired) electrons. The van der Waals surface area contributed by atoms with Crippen molar-refractivity contribution in [1.29, 1.82) is 0 Å². The van der Waals surface area contributed by atoms with Crippen LogP contribution in [-0.2, 0) is 6.18 Å². The predicted molar refractivity (Wildman–Crippen MR) is 135 cm³/mol. The van der Waals surface area contributed by atoms with E-state index in [-0.39, 0.29) is 5.70 Å². The smallest absolute Gasteiger partial charge is 0.432 e. The van der Waals surface area contributed by atoms with Crippen LogP contribution in [0.5, 0.6) is 11.5 Å². The van der Waals surface area contributed by atoms with E-state index in [9.17, 15) is 22.8 Å². The monoisotopic (exact) mass is 508 g/mol. The van der Waals surface area contributed by atoms with Crippen molar-refractivity contribution in [2.45, 2.75) is 33.0 Å². The van der Waals surface area contributed by atoms with Crippen LogP contribution in [0, 0.1) is 13.8 Å². The number of carbonyl (C=O) groups is 1. The Hall–Kier alpha value is -4.47. The van der Waals surface area contributed by atoms with Gasteiger partial charge >= 0.3 is 6.18 Å². The molecule has 0 saturated heterocycles. The van der Waals surface area contributed by atoms with Crippen LogP contribution in [0.15, 0.2) is 63.4 Å². The number of benzene rings is 2. The molecule has 0 unspecified atom stereocenters. The second kappa shape index (κ2) is 9.88. The number of aromatic amines is 1. The predicted octanol–water partition coefficient (Wildman–Crippen LogP) is 5.73. The number of aryl methyl sites for hydroxylation is 2. The number of nitrogens with zero attached hydrogens (tertiary/aromatic N) is 2. The van der Waals surface area contributed by atoms with Crippen LogP contribution in [-0.4, -0.2) is 23.8 Å². The number of fused-ring (bicyclic) bond motifs is 2. The summed E-state index contributed by atoms with van der Waals surface area (Å²) in [5.74, 6) is 0.197. The lowest BCUT2D eigenvalue weighted by atomic mass is 9.92. The molecule has 0 saturated carbocycles. The zero-order valence-corrected chi connectivity index (χ0v) is 20.2. The van der Waals surface area contributed by atoms with E-state index < -0.39 is 40.5 Å². The average molecular weight is 509 g/mol. The molecule has 2 N–H and O–H groups in total. The van der Waals surface area contributed by atoms with Crippen molar-refractivity contribution in [3.63, 3.8) is 0 Å². The Morgan fingerprint density at radius 1 is 1.05 bits per heavy atom. The molecule has 2 aromatic carbocycles. The molecule has 1 aliphatic rings. The van der Waals surface area contributed by atoms with Crippen molar-refractivity contribution in [3.8, 4) is 11.5 Å². The van der Waals surface area contributed by atoms with Crippen LogP contribution in [0.2, 0.25) is 0 Å². The maximum absolute atomic E-state index is 13.8. The number of pyridine rings is 1. The molecule has 0 atom stereocenters. The first-order valence-corrected chi connectivity index (χ1v) is 11.2. The molecule has 0 spiro atoms. The summed E-state index contributed by atoms with van der Waals surface area (Å²) in [6.45, 7) is 8.56. The van der Waals surface area contributed by atoms with Gasteiger partial charge in [-0.1, -0.05) is 24.3 Å². The highest BCUT2D eigenvalue weighted by Crippen LogP contribution is 2.43. The van der Waals surface area contributed by atoms with E-state index in [0.717, 1.165) is 23.4 Å². The summed E-state index contributed by atoms with van der Waals surface area (Å²) >= 11 is 0. The van der Waals surface area contributed by atoms with Crippen molar-refractivity contribution >= 4 is 24.5 Å². The maximum Gasteiger partial charge on any atom is 0.432 e. The van der Waals surface area contributed by atoms with E-state index in [0.29, 0.717) is 22.6 Å². The number of halogens is 3. The van der Waals surface area contributed by atoms with Crippen molar-refractivity contribution in [1.82, 2.24) is 10.3 Å². The molecule has 10 heteroatoms. The molecule has 0 bridgehead atoms. The van der Waals surface area contributed by atoms with E-state index >= 15 is 0 Å². The molecule has 1 aliphatic heterocycles. The van der Waals surface area contributed by atoms with E-state index in [1.807, 2.05) is 43.1 Å². The van der Waals surface area contributed by atoms with Gasteiger partial charge in [0, 0.05) is 22.9 Å². The lowest BCUT2D eigenvalue weighted by Gasteiger charge is -2.29. The van der Waals surface area contributed by atoms with Crippen LogP contribution in [0.3, 0.4) is 0 Å². The number of aliphatic imine (C=N–C) groups is 2. The van der Waals surface area contributed by atoms with Crippen molar-refractivity contribution in [2.24, 2.45) is 9.98 Å². The summed E-state index contributed by atoms with van der Waals surface area (Å²) in [6, 6.07) is 11.1. The molecule has 190 valence electrons. The Labute approximate surface area is 210 Å². The van der Waals surface area contributed by atoms with Gasteiger partial charge in [-0.05, 0) is 56.8 Å². The zero-order valence-electron chi connectivity index (χ0n) is 20.2. The van der Waals surface area contributed by atoms with Gasteiger partial charge in [0.1, 0.15) is 22.8 Å². The number of hydrogen-bond acceptors (Lipinski definition) is 5. The van der Waals surface area contributed by atoms with E-state index in [1.165, 1.54) is 13.1 Å². The number of ether oxygens (including phenoxy) is 1. The van der Waals surface area contributed by atoms with Gasteiger partial charge in [-0.2, -0.15) is 13.2 Å². The number of rotatable bonds is 5. The second-order valence-electron chi connectivity index (χ2n) is 8.47. The highest BCUT2D eigenvalue weighted by molar-refractivity contribution is 5.95. The molecule has 7 nitrogen and oxygen atoms in total. The summed E-state index contributed by atoms with van der Waals surface area (Å²) in [5, 5.41) is 2.80. The number of aromatic nitrogens is 1. The summed E-state index contributed by atoms with van der Waals surface area (Å²) in [5.41, 5.74) is -0.618. The molecule has 37 heavy (non-hydrogen) atoms. The molecule has 1 aromatic heterocycles. The number of alkyl halides is 3. The van der Waals surface area contributed by atoms with Crippen molar-refractivity contribution in [3.05, 3.63) is 98.1 Å². The van der Waals surface area contributed by atoms with Crippen LogP contribution in [0.4, 0.5) is 13.2 Å². The Morgan fingerprint density at radius 2 is 1.65 bits per heavy atom. The third kappa shape index (κ3) is 5.09. The first-order valence-electron chi connectivity index (χ1n) is 11.2. The van der Waals surface area contributed by atoms with Crippen LogP contribution < -0.4 is 15.6 Å².